The number of carboxylic acid groups (broad SMARTS) is 1. The second-order valence-corrected chi connectivity index (χ2v) is 6.28. The minimum Gasteiger partial charge on any atom is -0.478 e. The van der Waals surface area contributed by atoms with Crippen LogP contribution >= 0.6 is 7.80 Å². The second kappa shape index (κ2) is 5.04. The molecule has 2 unspecified atom stereocenters. The van der Waals surface area contributed by atoms with Gasteiger partial charge in [-0.05, 0) is 0 Å². The summed E-state index contributed by atoms with van der Waals surface area (Å²) < 4.78 is 40.4. The van der Waals surface area contributed by atoms with Gasteiger partial charge in [0.15, 0.2) is 0 Å². The van der Waals surface area contributed by atoms with Crippen LogP contribution in [0.1, 0.15) is 6.42 Å². The van der Waals surface area contributed by atoms with Gasteiger partial charge in [-0.1, -0.05) is 0 Å². The fraction of sp³-hybridized carbons (Fsp3) is 0.800. The van der Waals surface area contributed by atoms with E-state index in [1.54, 1.807) is 0 Å². The van der Waals surface area contributed by atoms with Crippen LogP contribution in [0, 0.1) is 0 Å². The van der Waals surface area contributed by atoms with E-state index < -0.39 is 47.8 Å². The Balaban J connectivity index is 4.86. The van der Waals surface area contributed by atoms with E-state index in [1.165, 1.54) is 0 Å². The normalized spacial score (nSPS) is 18.1. The first-order chi connectivity index (χ1) is 6.65. The molecule has 8 nitrogen and oxygen atoms in total. The highest BCUT2D eigenvalue weighted by atomic mass is 32.2. The number of rotatable bonds is 6. The standard InChI is InChI=1S/C5H11O8PS/c6-3-14(10)2-1-5(9,4(7)8)15(11,12)13/h6,9,14H,1-3H2,(H,7,8)(H,11,12,13). The molecule has 90 valence electrons. The first kappa shape index (κ1) is 14.5. The highest BCUT2D eigenvalue weighted by Crippen LogP contribution is 2.26. The summed E-state index contributed by atoms with van der Waals surface area (Å²) in [4.78, 5) is 7.05. The minimum atomic E-state index is -5.22. The molecular formula is C5H11O8PS. The van der Waals surface area contributed by atoms with Crippen molar-refractivity contribution < 1.29 is 37.6 Å². The summed E-state index contributed by atoms with van der Waals surface area (Å²) in [5, 5.41) is 25.9. The Kier molecular flexibility index (Phi) is 4.88. The van der Waals surface area contributed by atoms with E-state index in [2.05, 4.69) is 0 Å². The number of hydrogen-bond donors (Lipinski definition) is 4. The maximum atomic E-state index is 10.8. The van der Waals surface area contributed by atoms with Gasteiger partial charge in [0, 0.05) is 12.6 Å². The molecule has 0 aromatic carbocycles. The van der Waals surface area contributed by atoms with Gasteiger partial charge in [0.1, 0.15) is 7.80 Å². The first-order valence-corrected chi connectivity index (χ1v) is 6.96. The summed E-state index contributed by atoms with van der Waals surface area (Å²) in [5.74, 6) is -2.15. The molecule has 15 heavy (non-hydrogen) atoms. The molecule has 0 amide bonds. The van der Waals surface area contributed by atoms with Gasteiger partial charge in [-0.2, -0.15) is 8.42 Å². The maximum absolute atomic E-state index is 10.8. The van der Waals surface area contributed by atoms with Gasteiger partial charge in [-0.3, -0.25) is 4.55 Å². The van der Waals surface area contributed by atoms with E-state index in [-0.39, 0.29) is 0 Å². The van der Waals surface area contributed by atoms with Crippen LogP contribution in [0.3, 0.4) is 0 Å². The van der Waals surface area contributed by atoms with E-state index in [9.17, 15) is 17.8 Å². The predicted molar refractivity (Wildman–Crippen MR) is 49.7 cm³/mol. The van der Waals surface area contributed by atoms with Crippen LogP contribution in [0.5, 0.6) is 0 Å². The Morgan fingerprint density at radius 1 is 1.40 bits per heavy atom. The molecule has 4 N–H and O–H groups in total. The molecule has 0 aromatic rings. The summed E-state index contributed by atoms with van der Waals surface area (Å²) in [5.41, 5.74) is 0. The number of carboxylic acids is 1. The van der Waals surface area contributed by atoms with Gasteiger partial charge in [0.25, 0.3) is 4.93 Å². The predicted octanol–water partition coefficient (Wildman–Crippen LogP) is -1.45. The van der Waals surface area contributed by atoms with Crippen molar-refractivity contribution in [2.75, 3.05) is 12.5 Å². The summed E-state index contributed by atoms with van der Waals surface area (Å²) in [7, 11) is -7.76. The van der Waals surface area contributed by atoms with E-state index in [0.29, 0.717) is 0 Å². The molecule has 0 radical (unpaired) electrons. The molecule has 0 spiro atoms. The number of aliphatic hydroxyl groups is 2. The van der Waals surface area contributed by atoms with Gasteiger partial charge in [0.2, 0.25) is 0 Å². The topological polar surface area (TPSA) is 149 Å². The molecule has 0 heterocycles. The summed E-state index contributed by atoms with van der Waals surface area (Å²) >= 11 is 0. The van der Waals surface area contributed by atoms with Crippen molar-refractivity contribution in [3.05, 3.63) is 0 Å². The van der Waals surface area contributed by atoms with E-state index in [1.807, 2.05) is 0 Å². The average molecular weight is 262 g/mol. The van der Waals surface area contributed by atoms with Crippen LogP contribution < -0.4 is 0 Å². The van der Waals surface area contributed by atoms with E-state index >= 15 is 0 Å². The molecule has 2 atom stereocenters. The Morgan fingerprint density at radius 2 is 1.87 bits per heavy atom. The summed E-state index contributed by atoms with van der Waals surface area (Å²) in [6.07, 6.45) is -2.16. The van der Waals surface area contributed by atoms with Gasteiger partial charge >= 0.3 is 16.1 Å². The smallest absolute Gasteiger partial charge is 0.354 e. The van der Waals surface area contributed by atoms with Crippen molar-refractivity contribution in [3.8, 4) is 0 Å². The lowest BCUT2D eigenvalue weighted by molar-refractivity contribution is -0.150. The van der Waals surface area contributed by atoms with Crippen molar-refractivity contribution in [2.24, 2.45) is 0 Å². The second-order valence-electron chi connectivity index (χ2n) is 2.76. The zero-order valence-electron chi connectivity index (χ0n) is 7.45. The van der Waals surface area contributed by atoms with Crippen molar-refractivity contribution in [1.29, 1.82) is 0 Å². The Labute approximate surface area is 86.1 Å². The third-order valence-corrected chi connectivity index (χ3v) is 4.07. The lowest BCUT2D eigenvalue weighted by Crippen LogP contribution is -2.46. The number of carbonyl (C=O) groups is 1. The Hall–Kier alpha value is -0.470. The Morgan fingerprint density at radius 3 is 2.13 bits per heavy atom. The van der Waals surface area contributed by atoms with Crippen LogP contribution in [-0.4, -0.2) is 51.7 Å². The van der Waals surface area contributed by atoms with Crippen molar-refractivity contribution >= 4 is 23.9 Å². The maximum Gasteiger partial charge on any atom is 0.354 e. The third kappa shape index (κ3) is 3.54. The summed E-state index contributed by atoms with van der Waals surface area (Å²) in [6, 6.07) is 0. The fourth-order valence-electron chi connectivity index (χ4n) is 0.734. The molecule has 0 saturated heterocycles. The zero-order valence-corrected chi connectivity index (χ0v) is 9.27. The van der Waals surface area contributed by atoms with Crippen molar-refractivity contribution in [2.45, 2.75) is 11.4 Å². The number of aliphatic hydroxyl groups excluding tert-OH is 1. The quantitative estimate of drug-likeness (QED) is 0.335. The number of aliphatic carboxylic acids is 1. The van der Waals surface area contributed by atoms with Gasteiger partial charge < -0.3 is 19.9 Å². The molecule has 0 aliphatic heterocycles. The average Bonchev–Trinajstić information content (AvgIpc) is 2.11. The molecule has 0 aliphatic carbocycles. The van der Waals surface area contributed by atoms with Crippen LogP contribution in [0.25, 0.3) is 0 Å². The molecule has 0 saturated carbocycles. The molecule has 0 aromatic heterocycles. The van der Waals surface area contributed by atoms with Crippen LogP contribution in [0.15, 0.2) is 0 Å². The molecule has 0 aliphatic rings. The lowest BCUT2D eigenvalue weighted by Gasteiger charge is -2.18. The van der Waals surface area contributed by atoms with E-state index in [0.717, 1.165) is 0 Å². The SMILES string of the molecule is O=C(O)C(O)(CC[PH](=O)CO)S(=O)(=O)O. The summed E-state index contributed by atoms with van der Waals surface area (Å²) in [6.45, 7) is 0. The third-order valence-electron chi connectivity index (χ3n) is 1.68. The zero-order chi connectivity index (χ0) is 12.3. The van der Waals surface area contributed by atoms with Crippen LogP contribution in [0.2, 0.25) is 0 Å². The van der Waals surface area contributed by atoms with E-state index in [4.69, 9.17) is 19.9 Å². The molecule has 0 rings (SSSR count). The molecule has 0 bridgehead atoms. The molecule has 10 heteroatoms. The van der Waals surface area contributed by atoms with Crippen molar-refractivity contribution in [1.82, 2.24) is 0 Å². The lowest BCUT2D eigenvalue weighted by atomic mass is 10.3. The monoisotopic (exact) mass is 262 g/mol. The van der Waals surface area contributed by atoms with Crippen molar-refractivity contribution in [3.63, 3.8) is 0 Å². The molecular weight excluding hydrogens is 251 g/mol. The highest BCUT2D eigenvalue weighted by Gasteiger charge is 2.48. The first-order valence-electron chi connectivity index (χ1n) is 3.70. The van der Waals surface area contributed by atoms with Gasteiger partial charge in [-0.15, -0.1) is 0 Å². The van der Waals surface area contributed by atoms with Gasteiger partial charge in [-0.25, -0.2) is 4.79 Å². The Bertz CT molecular complexity index is 361. The van der Waals surface area contributed by atoms with Crippen LogP contribution in [0.4, 0.5) is 0 Å². The molecule has 0 fully saturated rings. The minimum absolute atomic E-state index is 0.496. The highest BCUT2D eigenvalue weighted by molar-refractivity contribution is 7.87. The van der Waals surface area contributed by atoms with Gasteiger partial charge in [0.05, 0.1) is 6.35 Å². The fourth-order valence-corrected chi connectivity index (χ4v) is 2.29. The largest absolute Gasteiger partial charge is 0.478 e. The van der Waals surface area contributed by atoms with Crippen LogP contribution in [-0.2, 0) is 19.5 Å². The number of hydrogen-bond acceptors (Lipinski definition) is 6.